The summed E-state index contributed by atoms with van der Waals surface area (Å²) in [5, 5.41) is 2.81. The third-order valence-corrected chi connectivity index (χ3v) is 3.78. The second kappa shape index (κ2) is 7.82. The van der Waals surface area contributed by atoms with E-state index in [4.69, 9.17) is 4.74 Å². The fraction of sp³-hybridized carbons (Fsp3) is 0.529. The largest absolute Gasteiger partial charge is 0.484 e. The van der Waals surface area contributed by atoms with Crippen LogP contribution < -0.4 is 10.1 Å². The molecule has 120 valence electrons. The Labute approximate surface area is 131 Å². The fourth-order valence-electron chi connectivity index (χ4n) is 2.53. The molecule has 1 saturated heterocycles. The quantitative estimate of drug-likeness (QED) is 0.872. The molecule has 2 amide bonds. The number of nitrogens with zero attached hydrogens (tertiary/aromatic N) is 1. The summed E-state index contributed by atoms with van der Waals surface area (Å²) in [5.41, 5.74) is 0. The van der Waals surface area contributed by atoms with E-state index >= 15 is 0 Å². The number of hydrogen-bond donors (Lipinski definition) is 1. The Morgan fingerprint density at radius 2 is 1.82 bits per heavy atom. The van der Waals surface area contributed by atoms with Crippen molar-refractivity contribution in [2.45, 2.75) is 32.7 Å². The SMILES string of the molecule is CC(C)[C@H](NC(=O)COc1ccccc1)C(=O)N1CCCC1. The number of benzene rings is 1. The van der Waals surface area contributed by atoms with Gasteiger partial charge in [0.15, 0.2) is 6.61 Å². The standard InChI is InChI=1S/C17H24N2O3/c1-13(2)16(17(21)19-10-6-7-11-19)18-15(20)12-22-14-8-4-3-5-9-14/h3-5,8-9,13,16H,6-7,10-12H2,1-2H3,(H,18,20)/t16-/m0/s1. The first-order chi connectivity index (χ1) is 10.6. The van der Waals surface area contributed by atoms with Crippen molar-refractivity contribution < 1.29 is 14.3 Å². The first-order valence-electron chi connectivity index (χ1n) is 7.84. The molecule has 0 aliphatic carbocycles. The summed E-state index contributed by atoms with van der Waals surface area (Å²) < 4.78 is 5.42. The number of amides is 2. The highest BCUT2D eigenvalue weighted by Crippen LogP contribution is 2.13. The van der Waals surface area contributed by atoms with Gasteiger partial charge in [0.25, 0.3) is 5.91 Å². The third kappa shape index (κ3) is 4.48. The van der Waals surface area contributed by atoms with Gasteiger partial charge in [-0.25, -0.2) is 0 Å². The lowest BCUT2D eigenvalue weighted by molar-refractivity contribution is -0.137. The zero-order valence-corrected chi connectivity index (χ0v) is 13.2. The molecule has 0 radical (unpaired) electrons. The van der Waals surface area contributed by atoms with Crippen LogP contribution in [0.1, 0.15) is 26.7 Å². The maximum Gasteiger partial charge on any atom is 0.258 e. The van der Waals surface area contributed by atoms with Crippen LogP contribution in [0.4, 0.5) is 0 Å². The van der Waals surface area contributed by atoms with Crippen LogP contribution in [-0.2, 0) is 9.59 Å². The molecule has 1 atom stereocenters. The van der Waals surface area contributed by atoms with Gasteiger partial charge in [-0.2, -0.15) is 0 Å². The topological polar surface area (TPSA) is 58.6 Å². The van der Waals surface area contributed by atoms with Gasteiger partial charge < -0.3 is 15.0 Å². The van der Waals surface area contributed by atoms with E-state index in [-0.39, 0.29) is 24.3 Å². The number of nitrogens with one attached hydrogen (secondary N) is 1. The molecule has 5 nitrogen and oxygen atoms in total. The Bertz CT molecular complexity index is 496. The predicted molar refractivity (Wildman–Crippen MR) is 84.5 cm³/mol. The third-order valence-electron chi connectivity index (χ3n) is 3.78. The first-order valence-corrected chi connectivity index (χ1v) is 7.84. The molecule has 22 heavy (non-hydrogen) atoms. The van der Waals surface area contributed by atoms with E-state index in [0.717, 1.165) is 25.9 Å². The minimum absolute atomic E-state index is 0.0144. The van der Waals surface area contributed by atoms with Crippen LogP contribution in [0.5, 0.6) is 5.75 Å². The van der Waals surface area contributed by atoms with Crippen molar-refractivity contribution in [3.8, 4) is 5.75 Å². The average molecular weight is 304 g/mol. The summed E-state index contributed by atoms with van der Waals surface area (Å²) in [7, 11) is 0. The van der Waals surface area contributed by atoms with E-state index in [9.17, 15) is 9.59 Å². The molecule has 0 spiro atoms. The van der Waals surface area contributed by atoms with Crippen molar-refractivity contribution in [1.82, 2.24) is 10.2 Å². The normalized spacial score (nSPS) is 15.7. The number of carbonyl (C=O) groups is 2. The number of carbonyl (C=O) groups excluding carboxylic acids is 2. The number of ether oxygens (including phenoxy) is 1. The van der Waals surface area contributed by atoms with Crippen LogP contribution in [0.3, 0.4) is 0 Å². The van der Waals surface area contributed by atoms with Crippen LogP contribution in [0.15, 0.2) is 30.3 Å². The van der Waals surface area contributed by atoms with Crippen LogP contribution in [0.25, 0.3) is 0 Å². The van der Waals surface area contributed by atoms with Gasteiger partial charge in [0.05, 0.1) is 0 Å². The zero-order chi connectivity index (χ0) is 15.9. The summed E-state index contributed by atoms with van der Waals surface area (Å²) in [4.78, 5) is 26.3. The Morgan fingerprint density at radius 1 is 1.18 bits per heavy atom. The summed E-state index contributed by atoms with van der Waals surface area (Å²) in [6, 6.07) is 8.69. The molecule has 1 fully saturated rings. The van der Waals surface area contributed by atoms with Gasteiger partial charge in [-0.05, 0) is 30.9 Å². The molecule has 5 heteroatoms. The van der Waals surface area contributed by atoms with Gasteiger partial charge in [0.1, 0.15) is 11.8 Å². The molecule has 1 aromatic rings. The highest BCUT2D eigenvalue weighted by Gasteiger charge is 2.29. The molecule has 0 bridgehead atoms. The number of likely N-dealkylation sites (tertiary alicyclic amines) is 1. The monoisotopic (exact) mass is 304 g/mol. The van der Waals surface area contributed by atoms with Crippen LogP contribution in [-0.4, -0.2) is 42.5 Å². The van der Waals surface area contributed by atoms with E-state index in [1.165, 1.54) is 0 Å². The Kier molecular flexibility index (Phi) is 5.81. The number of hydrogen-bond acceptors (Lipinski definition) is 3. The molecule has 0 aromatic heterocycles. The molecular weight excluding hydrogens is 280 g/mol. The summed E-state index contributed by atoms with van der Waals surface area (Å²) in [6.07, 6.45) is 2.09. The molecule has 0 unspecified atom stereocenters. The molecule has 1 heterocycles. The Hall–Kier alpha value is -2.04. The zero-order valence-electron chi connectivity index (χ0n) is 13.2. The second-order valence-electron chi connectivity index (χ2n) is 5.92. The van der Waals surface area contributed by atoms with E-state index in [1.807, 2.05) is 36.9 Å². The van der Waals surface area contributed by atoms with E-state index in [1.54, 1.807) is 12.1 Å². The Balaban J connectivity index is 1.87. The molecular formula is C17H24N2O3. The predicted octanol–water partition coefficient (Wildman–Crippen LogP) is 1.83. The smallest absolute Gasteiger partial charge is 0.258 e. The maximum atomic E-state index is 12.5. The van der Waals surface area contributed by atoms with Crippen LogP contribution in [0.2, 0.25) is 0 Å². The lowest BCUT2D eigenvalue weighted by Crippen LogP contribution is -2.51. The first kappa shape index (κ1) is 16.3. The summed E-state index contributed by atoms with van der Waals surface area (Å²) >= 11 is 0. The minimum Gasteiger partial charge on any atom is -0.484 e. The van der Waals surface area contributed by atoms with Gasteiger partial charge in [-0.15, -0.1) is 0 Å². The summed E-state index contributed by atoms with van der Waals surface area (Å²) in [6.45, 7) is 5.38. The van der Waals surface area contributed by atoms with Crippen molar-refractivity contribution in [3.05, 3.63) is 30.3 Å². The van der Waals surface area contributed by atoms with Crippen molar-refractivity contribution in [2.75, 3.05) is 19.7 Å². The van der Waals surface area contributed by atoms with Gasteiger partial charge in [-0.3, -0.25) is 9.59 Å². The Morgan fingerprint density at radius 3 is 2.41 bits per heavy atom. The van der Waals surface area contributed by atoms with Crippen molar-refractivity contribution in [1.29, 1.82) is 0 Å². The lowest BCUT2D eigenvalue weighted by Gasteiger charge is -2.26. The maximum absolute atomic E-state index is 12.5. The molecule has 0 saturated carbocycles. The lowest BCUT2D eigenvalue weighted by atomic mass is 10.0. The van der Waals surface area contributed by atoms with Gasteiger partial charge >= 0.3 is 0 Å². The molecule has 1 N–H and O–H groups in total. The number of rotatable bonds is 6. The van der Waals surface area contributed by atoms with Gasteiger partial charge in [0, 0.05) is 13.1 Å². The molecule has 1 aliphatic rings. The second-order valence-corrected chi connectivity index (χ2v) is 5.92. The van der Waals surface area contributed by atoms with Crippen LogP contribution in [0, 0.1) is 5.92 Å². The van der Waals surface area contributed by atoms with E-state index in [0.29, 0.717) is 5.75 Å². The molecule has 1 aliphatic heterocycles. The minimum atomic E-state index is -0.482. The van der Waals surface area contributed by atoms with Gasteiger partial charge in [-0.1, -0.05) is 32.0 Å². The molecule has 2 rings (SSSR count). The van der Waals surface area contributed by atoms with Gasteiger partial charge in [0.2, 0.25) is 5.91 Å². The average Bonchev–Trinajstić information content (AvgIpc) is 3.05. The van der Waals surface area contributed by atoms with E-state index < -0.39 is 6.04 Å². The highest BCUT2D eigenvalue weighted by atomic mass is 16.5. The summed E-state index contributed by atoms with van der Waals surface area (Å²) in [5.74, 6) is 0.439. The van der Waals surface area contributed by atoms with Crippen molar-refractivity contribution in [3.63, 3.8) is 0 Å². The van der Waals surface area contributed by atoms with Crippen molar-refractivity contribution in [2.24, 2.45) is 5.92 Å². The fourth-order valence-corrected chi connectivity index (χ4v) is 2.53. The highest BCUT2D eigenvalue weighted by molar-refractivity contribution is 5.88. The van der Waals surface area contributed by atoms with E-state index in [2.05, 4.69) is 5.32 Å². The number of para-hydroxylation sites is 1. The molecule has 1 aromatic carbocycles. The van der Waals surface area contributed by atoms with Crippen LogP contribution >= 0.6 is 0 Å². The van der Waals surface area contributed by atoms with Crippen molar-refractivity contribution >= 4 is 11.8 Å².